The van der Waals surface area contributed by atoms with Crippen molar-refractivity contribution in [2.45, 2.75) is 67.0 Å². The van der Waals surface area contributed by atoms with Gasteiger partial charge in [0.2, 0.25) is 0 Å². The van der Waals surface area contributed by atoms with E-state index in [2.05, 4.69) is 41.7 Å². The normalized spacial score (nSPS) is 15.1. The zero-order valence-corrected chi connectivity index (χ0v) is 32.9. The summed E-state index contributed by atoms with van der Waals surface area (Å²) in [6, 6.07) is 20.6. The third-order valence-electron chi connectivity index (χ3n) is 9.02. The van der Waals surface area contributed by atoms with Crippen molar-refractivity contribution in [3.05, 3.63) is 87.9 Å². The quantitative estimate of drug-likeness (QED) is 0.170. The van der Waals surface area contributed by atoms with E-state index in [0.29, 0.717) is 71.7 Å². The number of fused-ring (bicyclic) bond motifs is 1. The molecule has 1 aromatic heterocycles. The van der Waals surface area contributed by atoms with E-state index in [1.54, 1.807) is 28.8 Å². The van der Waals surface area contributed by atoms with Gasteiger partial charge in [0.15, 0.2) is 6.61 Å². The van der Waals surface area contributed by atoms with E-state index in [-0.39, 0.29) is 24.2 Å². The van der Waals surface area contributed by atoms with E-state index in [9.17, 15) is 9.59 Å². The number of carbonyl (C=O) groups is 1. The molecule has 0 aliphatic carbocycles. The largest absolute Gasteiger partial charge is 0.489 e. The molecule has 52 heavy (non-hydrogen) atoms. The lowest BCUT2D eigenvalue weighted by atomic mass is 10.1. The number of piperazine rings is 2. The Bertz CT molecular complexity index is 1760. The zero-order chi connectivity index (χ0) is 37.6. The number of rotatable bonds is 10. The molecule has 3 heterocycles. The van der Waals surface area contributed by atoms with Gasteiger partial charge in [-0.05, 0) is 75.5 Å². The fourth-order valence-corrected chi connectivity index (χ4v) is 6.08. The van der Waals surface area contributed by atoms with Crippen molar-refractivity contribution in [1.82, 2.24) is 24.3 Å². The molecule has 0 radical (unpaired) electrons. The van der Waals surface area contributed by atoms with Gasteiger partial charge in [0.05, 0.1) is 29.2 Å². The molecule has 282 valence electrons. The van der Waals surface area contributed by atoms with Crippen molar-refractivity contribution in [3.63, 3.8) is 0 Å². The molecule has 0 unspecified atom stereocenters. The minimum atomic E-state index is -0.121. The van der Waals surface area contributed by atoms with Crippen LogP contribution in [0.4, 0.5) is 5.69 Å². The second kappa shape index (κ2) is 20.2. The van der Waals surface area contributed by atoms with Gasteiger partial charge in [-0.3, -0.25) is 19.1 Å². The summed E-state index contributed by atoms with van der Waals surface area (Å²) < 4.78 is 13.6. The van der Waals surface area contributed by atoms with Gasteiger partial charge in [-0.2, -0.15) is 0 Å². The van der Waals surface area contributed by atoms with E-state index in [1.165, 1.54) is 12.8 Å². The molecule has 6 rings (SSSR count). The smallest absolute Gasteiger partial charge is 0.266 e. The Balaban J connectivity index is 0.000000944. The molecule has 0 spiro atoms. The number of amides is 1. The number of aromatic nitrogens is 2. The minimum absolute atomic E-state index is 0.0316. The summed E-state index contributed by atoms with van der Waals surface area (Å²) >= 11 is 5.95. The fraction of sp³-hybridized carbons (Fsp3) is 0.488. The maximum Gasteiger partial charge on any atom is 0.266 e. The van der Waals surface area contributed by atoms with Crippen LogP contribution in [0.1, 0.15) is 60.2 Å². The first-order valence-corrected chi connectivity index (χ1v) is 19.2. The Morgan fingerprint density at radius 3 is 2.15 bits per heavy atom. The van der Waals surface area contributed by atoms with Crippen LogP contribution >= 0.6 is 11.6 Å². The second-order valence-electron chi connectivity index (χ2n) is 13.2. The lowest BCUT2D eigenvalue weighted by Crippen LogP contribution is -2.50. The number of carbonyl (C=O) groups excluding carboxylic acids is 1. The molecule has 0 bridgehead atoms. The first-order chi connectivity index (χ1) is 25.2. The third-order valence-corrected chi connectivity index (χ3v) is 9.28. The predicted molar refractivity (Wildman–Crippen MR) is 214 cm³/mol. The van der Waals surface area contributed by atoms with Crippen molar-refractivity contribution in [1.29, 1.82) is 0 Å². The topological polar surface area (TPSA) is 83.4 Å². The number of ether oxygens (including phenoxy) is 2. The third kappa shape index (κ3) is 10.9. The standard InChI is InChI=1S/C35H41ClN6O4.C4H10.C2H6/c1-25(2)46-32-7-5-4-6-31(32)42-33(37-30-13-10-27(22-29(30)35(42)44)40-18-14-38(3)15-19-40)23-39-16-20-41(21-17-39)34(43)24-45-28-11-8-26(36)9-12-28;1-3-4-2;1-2/h4-13,22,25H,14-21,23-24H2,1-3H3;3-4H2,1-2H3;1-2H3. The van der Waals surface area contributed by atoms with Crippen molar-refractivity contribution < 1.29 is 14.3 Å². The van der Waals surface area contributed by atoms with Gasteiger partial charge in [0.25, 0.3) is 11.5 Å². The molecule has 11 heteroatoms. The molecule has 0 atom stereocenters. The van der Waals surface area contributed by atoms with E-state index < -0.39 is 0 Å². The monoisotopic (exact) mass is 732 g/mol. The van der Waals surface area contributed by atoms with Gasteiger partial charge in [-0.1, -0.05) is 64.3 Å². The van der Waals surface area contributed by atoms with E-state index in [1.807, 2.05) is 69.0 Å². The van der Waals surface area contributed by atoms with Crippen LogP contribution in [-0.2, 0) is 11.3 Å². The average Bonchev–Trinajstić information content (AvgIpc) is 3.16. The summed E-state index contributed by atoms with van der Waals surface area (Å²) in [7, 11) is 2.13. The Kier molecular flexibility index (Phi) is 15.8. The summed E-state index contributed by atoms with van der Waals surface area (Å²) in [6.07, 6.45) is 2.58. The lowest BCUT2D eigenvalue weighted by molar-refractivity contribution is -0.135. The van der Waals surface area contributed by atoms with Gasteiger partial charge in [-0.15, -0.1) is 0 Å². The van der Waals surface area contributed by atoms with E-state index in [4.69, 9.17) is 26.1 Å². The van der Waals surface area contributed by atoms with Crippen molar-refractivity contribution in [2.75, 3.05) is 70.9 Å². The highest BCUT2D eigenvalue weighted by molar-refractivity contribution is 6.30. The van der Waals surface area contributed by atoms with E-state index in [0.717, 1.165) is 31.9 Å². The van der Waals surface area contributed by atoms with Gasteiger partial charge in [0, 0.05) is 63.1 Å². The highest BCUT2D eigenvalue weighted by Gasteiger charge is 2.25. The van der Waals surface area contributed by atoms with Crippen LogP contribution in [0.25, 0.3) is 16.6 Å². The second-order valence-corrected chi connectivity index (χ2v) is 13.6. The molecule has 3 aromatic carbocycles. The molecule has 10 nitrogen and oxygen atoms in total. The Morgan fingerprint density at radius 1 is 0.865 bits per heavy atom. The summed E-state index contributed by atoms with van der Waals surface area (Å²) in [5.74, 6) is 1.81. The summed E-state index contributed by atoms with van der Waals surface area (Å²) in [5, 5.41) is 1.20. The van der Waals surface area contributed by atoms with Gasteiger partial charge < -0.3 is 24.2 Å². The Morgan fingerprint density at radius 2 is 1.52 bits per heavy atom. The number of likely N-dealkylation sites (N-methyl/N-ethyl adjacent to an activating group) is 1. The Labute approximate surface area is 314 Å². The van der Waals surface area contributed by atoms with Crippen molar-refractivity contribution in [3.8, 4) is 17.2 Å². The number of hydrogen-bond acceptors (Lipinski definition) is 8. The predicted octanol–water partition coefficient (Wildman–Crippen LogP) is 7.13. The molecule has 2 saturated heterocycles. The maximum atomic E-state index is 14.4. The first-order valence-electron chi connectivity index (χ1n) is 18.8. The molecule has 0 saturated carbocycles. The summed E-state index contributed by atoms with van der Waals surface area (Å²) in [4.78, 5) is 41.1. The molecule has 2 fully saturated rings. The molecule has 0 N–H and O–H groups in total. The molecule has 2 aliphatic rings. The fourth-order valence-electron chi connectivity index (χ4n) is 5.95. The highest BCUT2D eigenvalue weighted by atomic mass is 35.5. The van der Waals surface area contributed by atoms with E-state index >= 15 is 0 Å². The first kappa shape index (κ1) is 40.6. The summed E-state index contributed by atoms with van der Waals surface area (Å²) in [5.41, 5.74) is 2.25. The zero-order valence-electron chi connectivity index (χ0n) is 32.1. The molecule has 4 aromatic rings. The number of halogens is 1. The minimum Gasteiger partial charge on any atom is -0.489 e. The Hall–Kier alpha value is -4.12. The van der Waals surface area contributed by atoms with Crippen molar-refractivity contribution in [2.24, 2.45) is 0 Å². The SMILES string of the molecule is CC.CC(C)Oc1ccccc1-n1c(CN2CCN(C(=O)COc3ccc(Cl)cc3)CC2)nc2ccc(N3CCN(C)CC3)cc2c1=O.CCCC. The number of anilines is 1. The van der Waals surface area contributed by atoms with Crippen LogP contribution < -0.4 is 19.9 Å². The molecule has 1 amide bonds. The maximum absolute atomic E-state index is 14.4. The van der Waals surface area contributed by atoms with Gasteiger partial charge in [-0.25, -0.2) is 4.98 Å². The molecular weight excluding hydrogens is 676 g/mol. The van der Waals surface area contributed by atoms with Crippen LogP contribution in [0.3, 0.4) is 0 Å². The van der Waals surface area contributed by atoms with Crippen LogP contribution in [0, 0.1) is 0 Å². The molecule has 2 aliphatic heterocycles. The highest BCUT2D eigenvalue weighted by Crippen LogP contribution is 2.27. The van der Waals surface area contributed by atoms with Crippen LogP contribution in [0.2, 0.25) is 5.02 Å². The summed E-state index contributed by atoms with van der Waals surface area (Å²) in [6.45, 7) is 18.9. The van der Waals surface area contributed by atoms with Crippen LogP contribution in [0.15, 0.2) is 71.5 Å². The van der Waals surface area contributed by atoms with Gasteiger partial charge in [0.1, 0.15) is 17.3 Å². The number of unbranched alkanes of at least 4 members (excludes halogenated alkanes) is 1. The number of hydrogen-bond donors (Lipinski definition) is 0. The molecular formula is C41H57ClN6O4. The lowest BCUT2D eigenvalue weighted by Gasteiger charge is -2.35. The number of nitrogens with zero attached hydrogens (tertiary/aromatic N) is 6. The van der Waals surface area contributed by atoms with Crippen molar-refractivity contribution >= 4 is 34.1 Å². The van der Waals surface area contributed by atoms with Crippen LogP contribution in [-0.4, -0.2) is 102 Å². The number of para-hydroxylation sites is 2. The average molecular weight is 733 g/mol. The van der Waals surface area contributed by atoms with Gasteiger partial charge >= 0.3 is 0 Å². The number of benzene rings is 3. The van der Waals surface area contributed by atoms with Crippen LogP contribution in [0.5, 0.6) is 11.5 Å².